The first kappa shape index (κ1) is 24.5. The van der Waals surface area contributed by atoms with Crippen LogP contribution in [0.3, 0.4) is 0 Å². The predicted molar refractivity (Wildman–Crippen MR) is 124 cm³/mol. The molecule has 0 unspecified atom stereocenters. The fraction of sp³-hybridized carbons (Fsp3) is 0.273. The normalized spacial score (nSPS) is 9.90. The lowest BCUT2D eigenvalue weighted by atomic mass is 10.0. The number of hydrogen-bond acceptors (Lipinski definition) is 3. The van der Waals surface area contributed by atoms with Crippen molar-refractivity contribution < 1.29 is 4.79 Å². The monoisotopic (exact) mass is 434 g/mol. The molecular formula is C22H28Cl2N4O. The number of amides is 1. The van der Waals surface area contributed by atoms with Crippen LogP contribution in [0.1, 0.15) is 22.6 Å². The van der Waals surface area contributed by atoms with Crippen LogP contribution in [0.4, 0.5) is 5.69 Å². The first-order chi connectivity index (χ1) is 13.1. The number of aryl methyl sites for hydroxylation is 2. The van der Waals surface area contributed by atoms with Crippen molar-refractivity contribution in [2.45, 2.75) is 12.8 Å². The lowest BCUT2D eigenvalue weighted by Crippen LogP contribution is -2.28. The zero-order valence-electron chi connectivity index (χ0n) is 17.0. The number of imidazole rings is 1. The molecule has 29 heavy (non-hydrogen) atoms. The van der Waals surface area contributed by atoms with Crippen molar-refractivity contribution in [2.24, 2.45) is 7.05 Å². The standard InChI is InChI=1S/C22H26N4O.2ClH/c1-23-20-11-9-17(10-12-20)18-6-4-7-19(16-18)22(27)26(3)14-5-8-21-24-13-15-25(21)2;;/h4,6-7,9-13,15-16,23H,5,8,14H2,1-3H3;2*1H. The Bertz CT molecular complexity index is 909. The van der Waals surface area contributed by atoms with Gasteiger partial charge in [-0.25, -0.2) is 4.98 Å². The smallest absolute Gasteiger partial charge is 0.253 e. The van der Waals surface area contributed by atoms with Crippen LogP contribution < -0.4 is 5.32 Å². The first-order valence-electron chi connectivity index (χ1n) is 9.18. The summed E-state index contributed by atoms with van der Waals surface area (Å²) in [6.45, 7) is 0.701. The molecule has 156 valence electrons. The molecule has 0 spiro atoms. The minimum absolute atomic E-state index is 0. The summed E-state index contributed by atoms with van der Waals surface area (Å²) in [4.78, 5) is 18.9. The van der Waals surface area contributed by atoms with E-state index in [1.165, 1.54) is 0 Å². The molecule has 1 amide bonds. The Labute approximate surface area is 185 Å². The number of nitrogens with zero attached hydrogens (tertiary/aromatic N) is 3. The van der Waals surface area contributed by atoms with E-state index >= 15 is 0 Å². The summed E-state index contributed by atoms with van der Waals surface area (Å²) >= 11 is 0. The van der Waals surface area contributed by atoms with Crippen LogP contribution >= 0.6 is 24.8 Å². The molecule has 3 aromatic rings. The Hall–Kier alpha value is -2.50. The van der Waals surface area contributed by atoms with Crippen LogP contribution in [0, 0.1) is 0 Å². The van der Waals surface area contributed by atoms with Gasteiger partial charge < -0.3 is 14.8 Å². The Balaban J connectivity index is 0.00000210. The van der Waals surface area contributed by atoms with Gasteiger partial charge in [-0.1, -0.05) is 24.3 Å². The Kier molecular flexibility index (Phi) is 9.72. The molecule has 0 aliphatic rings. The fourth-order valence-electron chi connectivity index (χ4n) is 3.09. The van der Waals surface area contributed by atoms with Gasteiger partial charge in [0.15, 0.2) is 0 Å². The van der Waals surface area contributed by atoms with Crippen molar-refractivity contribution in [3.05, 3.63) is 72.3 Å². The molecule has 0 bridgehead atoms. The van der Waals surface area contributed by atoms with Crippen LogP contribution in [-0.2, 0) is 13.5 Å². The molecule has 0 atom stereocenters. The maximum Gasteiger partial charge on any atom is 0.253 e. The summed E-state index contributed by atoms with van der Waals surface area (Å²) in [6, 6.07) is 16.0. The summed E-state index contributed by atoms with van der Waals surface area (Å²) in [7, 11) is 5.75. The van der Waals surface area contributed by atoms with Crippen LogP contribution in [0.5, 0.6) is 0 Å². The highest BCUT2D eigenvalue weighted by atomic mass is 35.5. The van der Waals surface area contributed by atoms with Crippen LogP contribution in [0.2, 0.25) is 0 Å². The topological polar surface area (TPSA) is 50.2 Å². The van der Waals surface area contributed by atoms with Gasteiger partial charge >= 0.3 is 0 Å². The van der Waals surface area contributed by atoms with Crippen molar-refractivity contribution in [1.29, 1.82) is 0 Å². The Morgan fingerprint density at radius 1 is 1.10 bits per heavy atom. The minimum Gasteiger partial charge on any atom is -0.388 e. The van der Waals surface area contributed by atoms with Gasteiger partial charge in [0.25, 0.3) is 5.91 Å². The third-order valence-corrected chi connectivity index (χ3v) is 4.78. The zero-order valence-corrected chi connectivity index (χ0v) is 18.6. The number of rotatable bonds is 7. The number of carbonyl (C=O) groups is 1. The van der Waals surface area contributed by atoms with E-state index in [2.05, 4.69) is 22.4 Å². The molecular weight excluding hydrogens is 407 g/mol. The summed E-state index contributed by atoms with van der Waals surface area (Å²) in [5, 5.41) is 3.12. The molecule has 7 heteroatoms. The fourth-order valence-corrected chi connectivity index (χ4v) is 3.09. The largest absolute Gasteiger partial charge is 0.388 e. The van der Waals surface area contributed by atoms with E-state index in [1.807, 2.05) is 68.3 Å². The van der Waals surface area contributed by atoms with Gasteiger partial charge in [0.05, 0.1) is 0 Å². The van der Waals surface area contributed by atoms with Crippen LogP contribution in [-0.4, -0.2) is 41.0 Å². The van der Waals surface area contributed by atoms with Gasteiger partial charge in [-0.05, 0) is 41.8 Å². The maximum atomic E-state index is 12.8. The highest BCUT2D eigenvalue weighted by Gasteiger charge is 2.13. The second-order valence-corrected chi connectivity index (χ2v) is 6.69. The van der Waals surface area contributed by atoms with E-state index in [0.29, 0.717) is 12.1 Å². The average molecular weight is 435 g/mol. The number of nitrogens with one attached hydrogen (secondary N) is 1. The van der Waals surface area contributed by atoms with E-state index in [9.17, 15) is 4.79 Å². The molecule has 0 fully saturated rings. The van der Waals surface area contributed by atoms with Gasteiger partial charge in [-0.3, -0.25) is 4.79 Å². The SMILES string of the molecule is CNc1ccc(-c2cccc(C(=O)N(C)CCCc3nccn3C)c2)cc1.Cl.Cl. The number of halogens is 2. The van der Waals surface area contributed by atoms with E-state index in [-0.39, 0.29) is 30.7 Å². The molecule has 1 N–H and O–H groups in total. The lowest BCUT2D eigenvalue weighted by molar-refractivity contribution is 0.0793. The van der Waals surface area contributed by atoms with Gasteiger partial charge in [-0.2, -0.15) is 0 Å². The molecule has 0 aliphatic heterocycles. The molecule has 0 saturated carbocycles. The van der Waals surface area contributed by atoms with Crippen molar-refractivity contribution in [3.63, 3.8) is 0 Å². The summed E-state index contributed by atoms with van der Waals surface area (Å²) in [5.74, 6) is 1.09. The summed E-state index contributed by atoms with van der Waals surface area (Å²) in [6.07, 6.45) is 5.49. The average Bonchev–Trinajstić information content (AvgIpc) is 3.12. The van der Waals surface area contributed by atoms with Gasteiger partial charge in [0.2, 0.25) is 0 Å². The van der Waals surface area contributed by atoms with Gasteiger partial charge in [0.1, 0.15) is 5.82 Å². The molecule has 0 radical (unpaired) electrons. The molecule has 3 rings (SSSR count). The van der Waals surface area contributed by atoms with Crippen LogP contribution in [0.15, 0.2) is 60.9 Å². The van der Waals surface area contributed by atoms with E-state index in [0.717, 1.165) is 35.5 Å². The van der Waals surface area contributed by atoms with Gasteiger partial charge in [-0.15, -0.1) is 24.8 Å². The zero-order chi connectivity index (χ0) is 19.2. The molecule has 0 aliphatic carbocycles. The highest BCUT2D eigenvalue weighted by Crippen LogP contribution is 2.23. The van der Waals surface area contributed by atoms with E-state index in [1.54, 1.807) is 11.1 Å². The van der Waals surface area contributed by atoms with Crippen LogP contribution in [0.25, 0.3) is 11.1 Å². The molecule has 1 heterocycles. The minimum atomic E-state index is 0. The van der Waals surface area contributed by atoms with E-state index in [4.69, 9.17) is 0 Å². The van der Waals surface area contributed by atoms with Crippen molar-refractivity contribution in [3.8, 4) is 11.1 Å². The maximum absolute atomic E-state index is 12.8. The summed E-state index contributed by atoms with van der Waals surface area (Å²) < 4.78 is 2.02. The molecule has 5 nitrogen and oxygen atoms in total. The van der Waals surface area contributed by atoms with Crippen molar-refractivity contribution >= 4 is 36.4 Å². The number of anilines is 1. The number of benzene rings is 2. The third-order valence-electron chi connectivity index (χ3n) is 4.78. The third kappa shape index (κ3) is 6.24. The van der Waals surface area contributed by atoms with Crippen molar-refractivity contribution in [1.82, 2.24) is 14.5 Å². The first-order valence-corrected chi connectivity index (χ1v) is 9.18. The quantitative estimate of drug-likeness (QED) is 0.587. The van der Waals surface area contributed by atoms with Gasteiger partial charge in [0, 0.05) is 57.8 Å². The number of hydrogen-bond donors (Lipinski definition) is 1. The second-order valence-electron chi connectivity index (χ2n) is 6.69. The molecule has 0 saturated heterocycles. The number of aromatic nitrogens is 2. The van der Waals surface area contributed by atoms with Crippen molar-refractivity contribution in [2.75, 3.05) is 26.0 Å². The Morgan fingerprint density at radius 2 is 1.83 bits per heavy atom. The van der Waals surface area contributed by atoms with E-state index < -0.39 is 0 Å². The lowest BCUT2D eigenvalue weighted by Gasteiger charge is -2.17. The Morgan fingerprint density at radius 3 is 2.45 bits per heavy atom. The highest BCUT2D eigenvalue weighted by molar-refractivity contribution is 5.95. The molecule has 2 aromatic carbocycles. The molecule has 1 aromatic heterocycles. The predicted octanol–water partition coefficient (Wildman–Crippen LogP) is 4.68. The summed E-state index contributed by atoms with van der Waals surface area (Å²) in [5.41, 5.74) is 3.93. The number of carbonyl (C=O) groups excluding carboxylic acids is 1. The second kappa shape index (κ2) is 11.5.